The van der Waals surface area contributed by atoms with Crippen molar-refractivity contribution in [3.63, 3.8) is 0 Å². The van der Waals surface area contributed by atoms with Gasteiger partial charge < -0.3 is 9.64 Å². The number of benzene rings is 2. The van der Waals surface area contributed by atoms with Crippen LogP contribution in [0, 0.1) is 11.6 Å². The normalized spacial score (nSPS) is 18.4. The van der Waals surface area contributed by atoms with Crippen molar-refractivity contribution in [3.8, 4) is 11.4 Å². The van der Waals surface area contributed by atoms with E-state index in [1.807, 2.05) is 23.1 Å². The van der Waals surface area contributed by atoms with Gasteiger partial charge in [-0.3, -0.25) is 4.79 Å². The van der Waals surface area contributed by atoms with Crippen molar-refractivity contribution in [3.05, 3.63) is 81.8 Å². The molecule has 11 heteroatoms. The first-order valence-electron chi connectivity index (χ1n) is 12.7. The fourth-order valence-electron chi connectivity index (χ4n) is 5.02. The molecule has 1 saturated heterocycles. The highest BCUT2D eigenvalue weighted by Crippen LogP contribution is 2.30. The molecule has 3 aromatic rings. The van der Waals surface area contributed by atoms with Gasteiger partial charge in [-0.2, -0.15) is 14.1 Å². The molecule has 1 unspecified atom stereocenters. The predicted octanol–water partition coefficient (Wildman–Crippen LogP) is 3.31. The Hall–Kier alpha value is -3.31. The van der Waals surface area contributed by atoms with E-state index < -0.39 is 32.5 Å². The van der Waals surface area contributed by atoms with Crippen LogP contribution < -0.4 is 15.2 Å². The molecule has 38 heavy (non-hydrogen) atoms. The highest BCUT2D eigenvalue weighted by atomic mass is 32.2. The van der Waals surface area contributed by atoms with Gasteiger partial charge in [0.1, 0.15) is 23.4 Å². The van der Waals surface area contributed by atoms with E-state index in [-0.39, 0.29) is 30.6 Å². The van der Waals surface area contributed by atoms with E-state index in [2.05, 4.69) is 11.2 Å². The number of fused-ring (bicyclic) bond motifs is 1. The molecule has 1 atom stereocenters. The zero-order valence-corrected chi connectivity index (χ0v) is 22.1. The number of aryl methyl sites for hydroxylation is 1. The number of piperazine rings is 1. The fourth-order valence-corrected chi connectivity index (χ4v) is 6.29. The van der Waals surface area contributed by atoms with E-state index in [0.717, 1.165) is 34.9 Å². The summed E-state index contributed by atoms with van der Waals surface area (Å²) in [4.78, 5) is 15.6. The molecular weight excluding hydrogens is 514 g/mol. The minimum atomic E-state index is -3.40. The Morgan fingerprint density at radius 2 is 1.66 bits per heavy atom. The van der Waals surface area contributed by atoms with E-state index in [0.29, 0.717) is 31.6 Å². The number of halogens is 2. The summed E-state index contributed by atoms with van der Waals surface area (Å²) in [5.74, 6) is -1.62. The summed E-state index contributed by atoms with van der Waals surface area (Å²) < 4.78 is 61.9. The van der Waals surface area contributed by atoms with Crippen molar-refractivity contribution in [2.24, 2.45) is 0 Å². The molecule has 202 valence electrons. The Bertz CT molecular complexity index is 1480. The van der Waals surface area contributed by atoms with E-state index in [1.165, 1.54) is 16.1 Å². The summed E-state index contributed by atoms with van der Waals surface area (Å²) in [5.41, 5.74) is 2.15. The highest BCUT2D eigenvalue weighted by molar-refractivity contribution is 7.89. The summed E-state index contributed by atoms with van der Waals surface area (Å²) in [6, 6.07) is 10.9. The van der Waals surface area contributed by atoms with Crippen LogP contribution in [-0.2, 0) is 22.9 Å². The summed E-state index contributed by atoms with van der Waals surface area (Å²) >= 11 is 0. The molecule has 0 spiro atoms. The second-order valence-electron chi connectivity index (χ2n) is 9.93. The zero-order valence-electron chi connectivity index (χ0n) is 21.3. The minimum absolute atomic E-state index is 0.0363. The fraction of sp³-hybridized carbons (Fsp3) is 0.407. The van der Waals surface area contributed by atoms with Crippen molar-refractivity contribution in [2.45, 2.75) is 44.5 Å². The first-order chi connectivity index (χ1) is 18.1. The van der Waals surface area contributed by atoms with Crippen LogP contribution in [0.1, 0.15) is 31.4 Å². The maximum atomic E-state index is 13.9. The lowest BCUT2D eigenvalue weighted by Gasteiger charge is -2.37. The smallest absolute Gasteiger partial charge is 0.316 e. The van der Waals surface area contributed by atoms with Crippen LogP contribution in [0.5, 0.6) is 5.75 Å². The topological polar surface area (TPSA) is 84.7 Å². The van der Waals surface area contributed by atoms with Gasteiger partial charge in [0.25, 0.3) is 0 Å². The van der Waals surface area contributed by atoms with Crippen molar-refractivity contribution in [2.75, 3.05) is 31.1 Å². The summed E-state index contributed by atoms with van der Waals surface area (Å²) in [6.07, 6.45) is 3.29. The van der Waals surface area contributed by atoms with Crippen LogP contribution >= 0.6 is 0 Å². The zero-order chi connectivity index (χ0) is 27.0. The lowest BCUT2D eigenvalue weighted by atomic mass is 9.90. The van der Waals surface area contributed by atoms with Crippen LogP contribution in [0.3, 0.4) is 0 Å². The third-order valence-electron chi connectivity index (χ3n) is 7.13. The number of rotatable bonds is 6. The number of aromatic nitrogens is 2. The summed E-state index contributed by atoms with van der Waals surface area (Å²) in [6.45, 7) is 4.50. The largest absolute Gasteiger partial charge is 0.483 e. The van der Waals surface area contributed by atoms with Gasteiger partial charge in [0.2, 0.25) is 15.8 Å². The Kier molecular flexibility index (Phi) is 7.23. The quantitative estimate of drug-likeness (QED) is 0.474. The van der Waals surface area contributed by atoms with Gasteiger partial charge >= 0.3 is 5.56 Å². The molecule has 0 bridgehead atoms. The molecule has 1 aliphatic heterocycles. The number of ether oxygens (including phenoxy) is 1. The highest BCUT2D eigenvalue weighted by Gasteiger charge is 2.32. The molecule has 1 fully saturated rings. The molecule has 0 radical (unpaired) electrons. The van der Waals surface area contributed by atoms with Gasteiger partial charge in [-0.05, 0) is 49.9 Å². The molecule has 0 amide bonds. The summed E-state index contributed by atoms with van der Waals surface area (Å²) in [7, 11) is -3.40. The van der Waals surface area contributed by atoms with Gasteiger partial charge in [0.15, 0.2) is 0 Å². The molecule has 2 aliphatic rings. The Labute approximate surface area is 220 Å². The van der Waals surface area contributed by atoms with Gasteiger partial charge in [-0.1, -0.05) is 24.3 Å². The van der Waals surface area contributed by atoms with Gasteiger partial charge in [-0.25, -0.2) is 17.2 Å². The van der Waals surface area contributed by atoms with E-state index in [1.54, 1.807) is 13.8 Å². The van der Waals surface area contributed by atoms with Crippen LogP contribution in [-0.4, -0.2) is 60.0 Å². The number of nitrogens with zero attached hydrogens (tertiary/aromatic N) is 4. The van der Waals surface area contributed by atoms with Crippen molar-refractivity contribution in [1.29, 1.82) is 0 Å². The van der Waals surface area contributed by atoms with Gasteiger partial charge in [0, 0.05) is 38.7 Å². The maximum Gasteiger partial charge on any atom is 0.316 e. The van der Waals surface area contributed by atoms with E-state index in [4.69, 9.17) is 4.74 Å². The molecule has 2 aromatic carbocycles. The van der Waals surface area contributed by atoms with E-state index in [9.17, 15) is 22.0 Å². The second-order valence-corrected chi connectivity index (χ2v) is 12.4. The van der Waals surface area contributed by atoms with E-state index >= 15 is 0 Å². The molecule has 1 aromatic heterocycles. The maximum absolute atomic E-state index is 13.9. The molecule has 0 saturated carbocycles. The van der Waals surface area contributed by atoms with Crippen molar-refractivity contribution < 1.29 is 21.9 Å². The monoisotopic (exact) mass is 544 g/mol. The lowest BCUT2D eigenvalue weighted by molar-refractivity contribution is 0.181. The Balaban J connectivity index is 1.49. The molecule has 1 aliphatic carbocycles. The molecule has 5 rings (SSSR count). The first kappa shape index (κ1) is 26.3. The van der Waals surface area contributed by atoms with Crippen LogP contribution in [0.2, 0.25) is 0 Å². The van der Waals surface area contributed by atoms with Crippen LogP contribution in [0.4, 0.5) is 14.5 Å². The molecule has 8 nitrogen and oxygen atoms in total. The Morgan fingerprint density at radius 3 is 2.32 bits per heavy atom. The number of sulfonamides is 1. The third-order valence-corrected chi connectivity index (χ3v) is 9.40. The molecular formula is C27H30F2N4O4S. The summed E-state index contributed by atoms with van der Waals surface area (Å²) in [5, 5.41) is 3.68. The molecule has 2 heterocycles. The number of hydrogen-bond donors (Lipinski definition) is 0. The predicted molar refractivity (Wildman–Crippen MR) is 140 cm³/mol. The number of hydrogen-bond acceptors (Lipinski definition) is 6. The van der Waals surface area contributed by atoms with Gasteiger partial charge in [-0.15, -0.1) is 0 Å². The lowest BCUT2D eigenvalue weighted by Crippen LogP contribution is -2.50. The average molecular weight is 545 g/mol. The van der Waals surface area contributed by atoms with Crippen LogP contribution in [0.15, 0.2) is 53.5 Å². The molecule has 0 N–H and O–H groups in total. The average Bonchev–Trinajstić information content (AvgIpc) is 2.89. The van der Waals surface area contributed by atoms with Gasteiger partial charge in [0.05, 0.1) is 17.1 Å². The Morgan fingerprint density at radius 1 is 1.00 bits per heavy atom. The van der Waals surface area contributed by atoms with Crippen molar-refractivity contribution in [1.82, 2.24) is 14.1 Å². The third kappa shape index (κ3) is 5.17. The first-order valence-corrected chi connectivity index (χ1v) is 14.2. The standard InChI is InChI=1S/C27H30F2N4O4S/c1-18(2)38(35,36)32-11-9-31(10-12-32)25-17-30-33(23-15-21(28)14-22(29)16-23)27(34)26(25)37-24-8-7-19-5-3-4-6-20(19)13-24/h3-6,14-18,24H,7-13H2,1-2H3. The van der Waals surface area contributed by atoms with Crippen molar-refractivity contribution >= 4 is 15.7 Å². The second kappa shape index (κ2) is 10.5. The number of anilines is 1. The minimum Gasteiger partial charge on any atom is -0.483 e. The SMILES string of the molecule is CC(C)S(=O)(=O)N1CCN(c2cnn(-c3cc(F)cc(F)c3)c(=O)c2OC2CCc3ccccc3C2)CC1. The van der Waals surface area contributed by atoms with Crippen LogP contribution in [0.25, 0.3) is 5.69 Å².